The van der Waals surface area contributed by atoms with Crippen molar-refractivity contribution in [1.82, 2.24) is 4.90 Å². The Morgan fingerprint density at radius 1 is 1.50 bits per heavy atom. The highest BCUT2D eigenvalue weighted by Gasteiger charge is 2.41. The Morgan fingerprint density at radius 3 is 2.83 bits per heavy atom. The normalized spacial score (nSPS) is 31.8. The lowest BCUT2D eigenvalue weighted by molar-refractivity contribution is -0.150. The van der Waals surface area contributed by atoms with Crippen molar-refractivity contribution in [3.8, 4) is 0 Å². The fourth-order valence-corrected chi connectivity index (χ4v) is 3.88. The summed E-state index contributed by atoms with van der Waals surface area (Å²) < 4.78 is 5.45. The number of rotatable bonds is 4. The summed E-state index contributed by atoms with van der Waals surface area (Å²) in [5.41, 5.74) is 0. The minimum Gasteiger partial charge on any atom is -0.480 e. The molecule has 3 atom stereocenters. The Labute approximate surface area is 111 Å². The fourth-order valence-electron chi connectivity index (χ4n) is 2.51. The number of ether oxygens (including phenoxy) is 1. The van der Waals surface area contributed by atoms with Crippen molar-refractivity contribution in [3.05, 3.63) is 0 Å². The Hall–Kier alpha value is -0.750. The van der Waals surface area contributed by atoms with E-state index >= 15 is 0 Å². The molecule has 0 saturated carbocycles. The van der Waals surface area contributed by atoms with Crippen LogP contribution in [0.5, 0.6) is 0 Å². The molecule has 3 unspecified atom stereocenters. The fraction of sp³-hybridized carbons (Fsp3) is 0.833. The summed E-state index contributed by atoms with van der Waals surface area (Å²) in [6.07, 6.45) is 2.98. The van der Waals surface area contributed by atoms with Crippen LogP contribution in [0.15, 0.2) is 0 Å². The van der Waals surface area contributed by atoms with Crippen LogP contribution in [-0.4, -0.2) is 51.8 Å². The van der Waals surface area contributed by atoms with Crippen molar-refractivity contribution in [2.45, 2.75) is 50.1 Å². The van der Waals surface area contributed by atoms with E-state index in [0.717, 1.165) is 19.3 Å². The molecule has 2 heterocycles. The summed E-state index contributed by atoms with van der Waals surface area (Å²) in [5, 5.41) is 9.17. The minimum atomic E-state index is -0.904. The Kier molecular flexibility index (Phi) is 4.50. The summed E-state index contributed by atoms with van der Waals surface area (Å²) in [6, 6.07) is -0.672. The van der Waals surface area contributed by atoms with Gasteiger partial charge in [-0.15, -0.1) is 11.8 Å². The molecule has 0 bridgehead atoms. The zero-order valence-corrected chi connectivity index (χ0v) is 11.3. The van der Waals surface area contributed by atoms with Crippen molar-refractivity contribution >= 4 is 23.6 Å². The first-order chi connectivity index (χ1) is 8.63. The molecule has 5 nitrogen and oxygen atoms in total. The monoisotopic (exact) mass is 273 g/mol. The maximum atomic E-state index is 12.3. The van der Waals surface area contributed by atoms with Gasteiger partial charge in [0.1, 0.15) is 6.04 Å². The molecule has 2 aliphatic rings. The van der Waals surface area contributed by atoms with Gasteiger partial charge >= 0.3 is 5.97 Å². The third-order valence-corrected chi connectivity index (χ3v) is 4.89. The van der Waals surface area contributed by atoms with Gasteiger partial charge in [-0.2, -0.15) is 0 Å². The van der Waals surface area contributed by atoms with Crippen molar-refractivity contribution in [1.29, 1.82) is 0 Å². The molecule has 6 heteroatoms. The second kappa shape index (κ2) is 5.93. The molecule has 1 N–H and O–H groups in total. The largest absolute Gasteiger partial charge is 0.480 e. The zero-order valence-electron chi connectivity index (χ0n) is 10.5. The molecule has 0 spiro atoms. The van der Waals surface area contributed by atoms with Gasteiger partial charge in [-0.05, 0) is 19.3 Å². The van der Waals surface area contributed by atoms with E-state index in [1.54, 1.807) is 16.7 Å². The second-order valence-electron chi connectivity index (χ2n) is 4.69. The number of hydrogen-bond acceptors (Lipinski definition) is 4. The third kappa shape index (κ3) is 2.80. The summed E-state index contributed by atoms with van der Waals surface area (Å²) in [6.45, 7) is 2.69. The first-order valence-electron chi connectivity index (χ1n) is 6.40. The standard InChI is InChI=1S/C12H19NO4S/c1-2-11-13(9(7-18-11)12(15)16)10(14)6-8-4-3-5-17-8/h8-9,11H,2-7H2,1H3,(H,15,16). The molecule has 1 amide bonds. The Balaban J connectivity index is 2.01. The maximum Gasteiger partial charge on any atom is 0.327 e. The van der Waals surface area contributed by atoms with Gasteiger partial charge in [0.25, 0.3) is 0 Å². The molecule has 2 saturated heterocycles. The number of carbonyl (C=O) groups excluding carboxylic acids is 1. The van der Waals surface area contributed by atoms with Crippen LogP contribution in [0.3, 0.4) is 0 Å². The van der Waals surface area contributed by atoms with E-state index in [-0.39, 0.29) is 17.4 Å². The minimum absolute atomic E-state index is 0.00000283. The van der Waals surface area contributed by atoms with Crippen molar-refractivity contribution in [3.63, 3.8) is 0 Å². The first kappa shape index (κ1) is 13.7. The summed E-state index contributed by atoms with van der Waals surface area (Å²) in [7, 11) is 0. The molecule has 2 rings (SSSR count). The molecule has 0 radical (unpaired) electrons. The quantitative estimate of drug-likeness (QED) is 0.836. The van der Waals surface area contributed by atoms with Crippen LogP contribution in [0.25, 0.3) is 0 Å². The number of amides is 1. The highest BCUT2D eigenvalue weighted by molar-refractivity contribution is 8.00. The van der Waals surface area contributed by atoms with Gasteiger partial charge in [-0.3, -0.25) is 4.79 Å². The average molecular weight is 273 g/mol. The van der Waals surface area contributed by atoms with Gasteiger partial charge in [-0.25, -0.2) is 4.79 Å². The van der Waals surface area contributed by atoms with E-state index in [0.29, 0.717) is 18.8 Å². The average Bonchev–Trinajstić information content (AvgIpc) is 2.95. The highest BCUT2D eigenvalue weighted by atomic mass is 32.2. The van der Waals surface area contributed by atoms with Crippen LogP contribution >= 0.6 is 11.8 Å². The SMILES string of the molecule is CCC1SCC(C(=O)O)N1C(=O)CC1CCCO1. The van der Waals surface area contributed by atoms with Gasteiger partial charge in [0.2, 0.25) is 5.91 Å². The summed E-state index contributed by atoms with van der Waals surface area (Å²) in [5.74, 6) is -0.490. The Bertz CT molecular complexity index is 330. The van der Waals surface area contributed by atoms with E-state index < -0.39 is 12.0 Å². The van der Waals surface area contributed by atoms with Crippen molar-refractivity contribution in [2.75, 3.05) is 12.4 Å². The van der Waals surface area contributed by atoms with E-state index in [9.17, 15) is 9.59 Å². The van der Waals surface area contributed by atoms with E-state index in [4.69, 9.17) is 9.84 Å². The molecular weight excluding hydrogens is 254 g/mol. The van der Waals surface area contributed by atoms with Crippen molar-refractivity contribution in [2.24, 2.45) is 0 Å². The molecule has 2 fully saturated rings. The molecule has 0 aromatic rings. The maximum absolute atomic E-state index is 12.3. The predicted molar refractivity (Wildman–Crippen MR) is 68.4 cm³/mol. The Morgan fingerprint density at radius 2 is 2.28 bits per heavy atom. The van der Waals surface area contributed by atoms with Gasteiger partial charge in [-0.1, -0.05) is 6.92 Å². The molecular formula is C12H19NO4S. The molecule has 102 valence electrons. The molecule has 0 aliphatic carbocycles. The van der Waals surface area contributed by atoms with Crippen molar-refractivity contribution < 1.29 is 19.4 Å². The number of hydrogen-bond donors (Lipinski definition) is 1. The number of thioether (sulfide) groups is 1. The second-order valence-corrected chi connectivity index (χ2v) is 5.90. The summed E-state index contributed by atoms with van der Waals surface area (Å²) >= 11 is 1.56. The first-order valence-corrected chi connectivity index (χ1v) is 7.45. The van der Waals surface area contributed by atoms with Gasteiger partial charge < -0.3 is 14.7 Å². The van der Waals surface area contributed by atoms with Gasteiger partial charge in [0.15, 0.2) is 0 Å². The van der Waals surface area contributed by atoms with Gasteiger partial charge in [0.05, 0.1) is 17.9 Å². The van der Waals surface area contributed by atoms with Crippen LogP contribution < -0.4 is 0 Å². The number of carbonyl (C=O) groups is 2. The predicted octanol–water partition coefficient (Wildman–Crippen LogP) is 1.32. The lowest BCUT2D eigenvalue weighted by Crippen LogP contribution is -2.46. The molecule has 18 heavy (non-hydrogen) atoms. The number of aliphatic carboxylic acids is 1. The molecule has 2 aliphatic heterocycles. The van der Waals surface area contributed by atoms with Crippen LogP contribution in [0.1, 0.15) is 32.6 Å². The number of nitrogens with zero attached hydrogens (tertiary/aromatic N) is 1. The van der Waals surface area contributed by atoms with E-state index in [1.807, 2.05) is 6.92 Å². The van der Waals surface area contributed by atoms with E-state index in [1.165, 1.54) is 0 Å². The number of carboxylic acid groups (broad SMARTS) is 1. The van der Waals surface area contributed by atoms with Crippen LogP contribution in [0.4, 0.5) is 0 Å². The van der Waals surface area contributed by atoms with Crippen LogP contribution in [0.2, 0.25) is 0 Å². The zero-order chi connectivity index (χ0) is 13.1. The van der Waals surface area contributed by atoms with Crippen LogP contribution in [-0.2, 0) is 14.3 Å². The van der Waals surface area contributed by atoms with Gasteiger partial charge in [0, 0.05) is 12.4 Å². The third-order valence-electron chi connectivity index (χ3n) is 3.44. The highest BCUT2D eigenvalue weighted by Crippen LogP contribution is 2.32. The lowest BCUT2D eigenvalue weighted by atomic mass is 10.1. The molecule has 0 aromatic heterocycles. The molecule has 0 aromatic carbocycles. The summed E-state index contributed by atoms with van der Waals surface area (Å²) in [4.78, 5) is 25.0. The lowest BCUT2D eigenvalue weighted by Gasteiger charge is -2.27. The topological polar surface area (TPSA) is 66.8 Å². The smallest absolute Gasteiger partial charge is 0.327 e. The number of carboxylic acids is 1. The van der Waals surface area contributed by atoms with Crippen LogP contribution in [0, 0.1) is 0 Å². The van der Waals surface area contributed by atoms with E-state index in [2.05, 4.69) is 0 Å².